The van der Waals surface area contributed by atoms with Crippen LogP contribution in [0.3, 0.4) is 0 Å². The predicted molar refractivity (Wildman–Crippen MR) is 347 cm³/mol. The lowest BCUT2D eigenvalue weighted by Crippen LogP contribution is -2.45. The summed E-state index contributed by atoms with van der Waals surface area (Å²) in [4.78, 5) is 24.6. The van der Waals surface area contributed by atoms with Crippen molar-refractivity contribution >= 4 is 11.9 Å². The molecule has 0 aromatic heterocycles. The summed E-state index contributed by atoms with van der Waals surface area (Å²) in [7, 11) is 0. The molecule has 0 saturated carbocycles. The number of allylic oxidation sites excluding steroid dienone is 1. The molecule has 0 aromatic carbocycles. The number of esters is 1. The van der Waals surface area contributed by atoms with Crippen LogP contribution in [0, 0.1) is 0 Å². The molecule has 0 rings (SSSR count). The van der Waals surface area contributed by atoms with Crippen LogP contribution >= 0.6 is 0 Å². The van der Waals surface area contributed by atoms with Gasteiger partial charge in [0, 0.05) is 12.8 Å². The fourth-order valence-electron chi connectivity index (χ4n) is 11.8. The van der Waals surface area contributed by atoms with E-state index in [0.717, 1.165) is 38.5 Å². The van der Waals surface area contributed by atoms with Gasteiger partial charge in [-0.1, -0.05) is 386 Å². The number of rotatable bonds is 69. The Morgan fingerprint density at radius 1 is 0.342 bits per heavy atom. The van der Waals surface area contributed by atoms with Crippen molar-refractivity contribution in [1.82, 2.24) is 5.32 Å². The third kappa shape index (κ3) is 65.6. The zero-order chi connectivity index (χ0) is 57.1. The summed E-state index contributed by atoms with van der Waals surface area (Å²) >= 11 is 0. The second-order valence-electron chi connectivity index (χ2n) is 25.3. The Kier molecular flexibility index (Phi) is 67.9. The molecule has 0 aliphatic rings. The van der Waals surface area contributed by atoms with Crippen LogP contribution in [0.1, 0.15) is 418 Å². The molecule has 2 unspecified atom stereocenters. The fourth-order valence-corrected chi connectivity index (χ4v) is 11.8. The molecule has 0 fully saturated rings. The van der Waals surface area contributed by atoms with Crippen molar-refractivity contribution in [2.24, 2.45) is 0 Å². The molecule has 470 valence electrons. The summed E-state index contributed by atoms with van der Waals surface area (Å²) in [6, 6.07) is -0.627. The van der Waals surface area contributed by atoms with E-state index in [4.69, 9.17) is 4.74 Å². The zero-order valence-electron chi connectivity index (χ0n) is 53.9. The highest BCUT2D eigenvalue weighted by atomic mass is 16.5. The van der Waals surface area contributed by atoms with E-state index in [2.05, 4.69) is 19.2 Å². The second kappa shape index (κ2) is 69.1. The molecule has 79 heavy (non-hydrogen) atoms. The molecule has 0 aromatic rings. The van der Waals surface area contributed by atoms with Gasteiger partial charge in [0.2, 0.25) is 5.91 Å². The Labute approximate surface area is 495 Å². The van der Waals surface area contributed by atoms with Crippen LogP contribution in [0.4, 0.5) is 0 Å². The lowest BCUT2D eigenvalue weighted by molar-refractivity contribution is -0.143. The monoisotopic (exact) mass is 1110 g/mol. The first-order valence-electron chi connectivity index (χ1n) is 36.5. The van der Waals surface area contributed by atoms with Crippen molar-refractivity contribution in [3.05, 3.63) is 12.2 Å². The molecule has 1 amide bonds. The van der Waals surface area contributed by atoms with Crippen molar-refractivity contribution in [3.8, 4) is 0 Å². The van der Waals surface area contributed by atoms with Gasteiger partial charge in [-0.25, -0.2) is 0 Å². The van der Waals surface area contributed by atoms with E-state index < -0.39 is 12.1 Å². The number of unbranched alkanes of at least 4 members (excludes halogenated alkanes) is 58. The molecule has 0 bridgehead atoms. The smallest absolute Gasteiger partial charge is 0.305 e. The molecule has 0 radical (unpaired) electrons. The average molecular weight is 1110 g/mol. The van der Waals surface area contributed by atoms with E-state index in [-0.39, 0.29) is 18.5 Å². The lowest BCUT2D eigenvalue weighted by Gasteiger charge is -2.20. The van der Waals surface area contributed by atoms with Crippen LogP contribution in [0.2, 0.25) is 0 Å². The highest BCUT2D eigenvalue weighted by molar-refractivity contribution is 5.76. The van der Waals surface area contributed by atoms with Gasteiger partial charge in [0.1, 0.15) is 0 Å². The first-order chi connectivity index (χ1) is 39.0. The van der Waals surface area contributed by atoms with Gasteiger partial charge < -0.3 is 20.3 Å². The summed E-state index contributed by atoms with van der Waals surface area (Å²) in [6.45, 7) is 4.96. The average Bonchev–Trinajstić information content (AvgIpc) is 3.45. The molecule has 0 aliphatic heterocycles. The Hall–Kier alpha value is -1.40. The first-order valence-corrected chi connectivity index (χ1v) is 36.5. The largest absolute Gasteiger partial charge is 0.466 e. The SMILES string of the molecule is CCCCCCCCCCCCCCCCCCCCCC/C=C/C(O)C(CO)NC(=O)CCCCCCCCCCCCCCCCCCCCCCCCCCOC(=O)CCCCCCCCCCCCCCCCCC. The number of nitrogens with one attached hydrogen (secondary N) is 1. The minimum absolute atomic E-state index is 0.0197. The summed E-state index contributed by atoms with van der Waals surface area (Å²) < 4.78 is 5.51. The van der Waals surface area contributed by atoms with Gasteiger partial charge in [-0.3, -0.25) is 9.59 Å². The standard InChI is InChI=1S/C73H143NO5/c1-3-5-7-9-11-13-15-17-19-21-22-23-28-31-34-37-41-45-49-53-57-61-65-71(76)70(69-75)74-72(77)66-62-58-54-50-46-42-38-35-32-29-26-24-25-27-30-33-36-40-44-48-52-56-60-64-68-79-73(78)67-63-59-55-51-47-43-39-20-18-16-14-12-10-8-6-4-2/h61,65,70-71,75-76H,3-60,62-64,66-69H2,1-2H3,(H,74,77)/b65-61+. The lowest BCUT2D eigenvalue weighted by atomic mass is 10.0. The molecule has 0 spiro atoms. The van der Waals surface area contributed by atoms with Crippen molar-refractivity contribution in [2.45, 2.75) is 431 Å². The first kappa shape index (κ1) is 77.6. The van der Waals surface area contributed by atoms with Gasteiger partial charge in [0.05, 0.1) is 25.4 Å². The molecule has 6 nitrogen and oxygen atoms in total. The van der Waals surface area contributed by atoms with Crippen LogP contribution in [0.5, 0.6) is 0 Å². The van der Waals surface area contributed by atoms with Crippen molar-refractivity contribution < 1.29 is 24.5 Å². The third-order valence-corrected chi connectivity index (χ3v) is 17.3. The van der Waals surface area contributed by atoms with Crippen LogP contribution in [-0.4, -0.2) is 47.4 Å². The molecule has 0 heterocycles. The van der Waals surface area contributed by atoms with Crippen LogP contribution < -0.4 is 5.32 Å². The van der Waals surface area contributed by atoms with Gasteiger partial charge in [0.25, 0.3) is 0 Å². The Bertz CT molecular complexity index is 1190. The summed E-state index contributed by atoms with van der Waals surface area (Å²) in [6.07, 6.45) is 85.8. The van der Waals surface area contributed by atoms with E-state index in [1.165, 1.54) is 353 Å². The predicted octanol–water partition coefficient (Wildman–Crippen LogP) is 23.5. The zero-order valence-corrected chi connectivity index (χ0v) is 53.9. The van der Waals surface area contributed by atoms with Gasteiger partial charge >= 0.3 is 5.97 Å². The van der Waals surface area contributed by atoms with Crippen molar-refractivity contribution in [1.29, 1.82) is 0 Å². The topological polar surface area (TPSA) is 95.9 Å². The van der Waals surface area contributed by atoms with Crippen LogP contribution in [-0.2, 0) is 14.3 Å². The number of hydrogen-bond acceptors (Lipinski definition) is 5. The maximum absolute atomic E-state index is 12.5. The highest BCUT2D eigenvalue weighted by Crippen LogP contribution is 2.19. The van der Waals surface area contributed by atoms with E-state index in [1.807, 2.05) is 6.08 Å². The number of ether oxygens (including phenoxy) is 1. The van der Waals surface area contributed by atoms with E-state index >= 15 is 0 Å². The number of carbonyl (C=O) groups is 2. The maximum atomic E-state index is 12.5. The minimum Gasteiger partial charge on any atom is -0.466 e. The van der Waals surface area contributed by atoms with Crippen LogP contribution in [0.25, 0.3) is 0 Å². The number of aliphatic hydroxyl groups is 2. The Balaban J connectivity index is 3.38. The fraction of sp³-hybridized carbons (Fsp3) is 0.945. The minimum atomic E-state index is -0.844. The molecule has 6 heteroatoms. The number of aliphatic hydroxyl groups excluding tert-OH is 2. The van der Waals surface area contributed by atoms with E-state index in [0.29, 0.717) is 19.4 Å². The van der Waals surface area contributed by atoms with E-state index in [9.17, 15) is 19.8 Å². The normalized spacial score (nSPS) is 12.5. The van der Waals surface area contributed by atoms with Crippen LogP contribution in [0.15, 0.2) is 12.2 Å². The van der Waals surface area contributed by atoms with Gasteiger partial charge in [0.15, 0.2) is 0 Å². The third-order valence-electron chi connectivity index (χ3n) is 17.3. The molecule has 2 atom stereocenters. The molecule has 3 N–H and O–H groups in total. The van der Waals surface area contributed by atoms with E-state index in [1.54, 1.807) is 6.08 Å². The Morgan fingerprint density at radius 2 is 0.582 bits per heavy atom. The summed E-state index contributed by atoms with van der Waals surface area (Å²) in [5.74, 6) is -0.0421. The molecular weight excluding hydrogens is 971 g/mol. The maximum Gasteiger partial charge on any atom is 0.305 e. The van der Waals surface area contributed by atoms with Gasteiger partial charge in [-0.2, -0.15) is 0 Å². The quantitative estimate of drug-likeness (QED) is 0.0320. The number of carbonyl (C=O) groups excluding carboxylic acids is 2. The molecule has 0 aliphatic carbocycles. The number of amides is 1. The number of hydrogen-bond donors (Lipinski definition) is 3. The van der Waals surface area contributed by atoms with Crippen molar-refractivity contribution in [3.63, 3.8) is 0 Å². The second-order valence-corrected chi connectivity index (χ2v) is 25.3. The summed E-state index contributed by atoms with van der Waals surface area (Å²) in [5.41, 5.74) is 0. The summed E-state index contributed by atoms with van der Waals surface area (Å²) in [5, 5.41) is 23.3. The molecule has 0 saturated heterocycles. The Morgan fingerprint density at radius 3 is 0.861 bits per heavy atom. The van der Waals surface area contributed by atoms with Crippen molar-refractivity contribution in [2.75, 3.05) is 13.2 Å². The van der Waals surface area contributed by atoms with Gasteiger partial charge in [-0.05, 0) is 32.1 Å². The van der Waals surface area contributed by atoms with Gasteiger partial charge in [-0.15, -0.1) is 0 Å². The molecular formula is C73H143NO5. The highest BCUT2D eigenvalue weighted by Gasteiger charge is 2.18.